The van der Waals surface area contributed by atoms with Crippen molar-refractivity contribution in [2.24, 2.45) is 0 Å². The van der Waals surface area contributed by atoms with Crippen molar-refractivity contribution in [3.8, 4) is 0 Å². The summed E-state index contributed by atoms with van der Waals surface area (Å²) >= 11 is 0. The summed E-state index contributed by atoms with van der Waals surface area (Å²) in [6, 6.07) is 9.26. The molecule has 0 radical (unpaired) electrons. The third-order valence-corrected chi connectivity index (χ3v) is 3.94. The summed E-state index contributed by atoms with van der Waals surface area (Å²) < 4.78 is 1.74. The number of nitrogens with one attached hydrogen (secondary N) is 2. The summed E-state index contributed by atoms with van der Waals surface area (Å²) in [4.78, 5) is 25.7. The number of rotatable bonds is 3. The lowest BCUT2D eigenvalue weighted by atomic mass is 10.1. The molecule has 7 nitrogen and oxygen atoms in total. The van der Waals surface area contributed by atoms with E-state index in [0.717, 1.165) is 16.9 Å². The molecule has 1 aromatic heterocycles. The predicted molar refractivity (Wildman–Crippen MR) is 87.5 cm³/mol. The third-order valence-electron chi connectivity index (χ3n) is 3.94. The summed E-state index contributed by atoms with van der Waals surface area (Å²) in [7, 11) is 1.54. The number of fused-ring (bicyclic) bond motifs is 1. The minimum absolute atomic E-state index is 0.0319. The number of hydrogen-bond donors (Lipinski definition) is 2. The Kier molecular flexibility index (Phi) is 4.01. The molecule has 0 unspecified atom stereocenters. The highest BCUT2D eigenvalue weighted by Crippen LogP contribution is 2.25. The van der Waals surface area contributed by atoms with Crippen molar-refractivity contribution in [3.05, 3.63) is 41.5 Å². The van der Waals surface area contributed by atoms with Gasteiger partial charge in [-0.3, -0.25) is 15.0 Å². The molecular weight excluding hydrogens is 294 g/mol. The maximum absolute atomic E-state index is 12.6. The lowest BCUT2D eigenvalue weighted by molar-refractivity contribution is -0.117. The zero-order valence-corrected chi connectivity index (χ0v) is 13.2. The smallest absolute Gasteiger partial charge is 0.320 e. The van der Waals surface area contributed by atoms with E-state index in [2.05, 4.69) is 15.7 Å². The standard InChI is InChI=1S/C16H19N5O2/c1-11-5-3-4-6-12(11)9-15(22)20-7-8-21-14(20)10-13(19-21)18-16(23)17-2/h3-6,10H,7-9H2,1-2H3,(H2,17,18,19,23). The van der Waals surface area contributed by atoms with Crippen LogP contribution in [-0.4, -0.2) is 35.3 Å². The van der Waals surface area contributed by atoms with Gasteiger partial charge in [-0.2, -0.15) is 5.10 Å². The minimum atomic E-state index is -0.334. The van der Waals surface area contributed by atoms with Gasteiger partial charge < -0.3 is 5.32 Å². The fraction of sp³-hybridized carbons (Fsp3) is 0.312. The highest BCUT2D eigenvalue weighted by molar-refractivity contribution is 5.96. The summed E-state index contributed by atoms with van der Waals surface area (Å²) in [6.07, 6.45) is 0.357. The predicted octanol–water partition coefficient (Wildman–Crippen LogP) is 1.53. The van der Waals surface area contributed by atoms with Crippen molar-refractivity contribution in [2.75, 3.05) is 23.8 Å². The number of anilines is 2. The quantitative estimate of drug-likeness (QED) is 0.902. The Bertz CT molecular complexity index is 753. The van der Waals surface area contributed by atoms with Crippen LogP contribution in [0.3, 0.4) is 0 Å². The molecule has 2 N–H and O–H groups in total. The molecule has 0 saturated carbocycles. The zero-order valence-electron chi connectivity index (χ0n) is 13.2. The second-order valence-corrected chi connectivity index (χ2v) is 5.46. The van der Waals surface area contributed by atoms with E-state index in [1.807, 2.05) is 31.2 Å². The van der Waals surface area contributed by atoms with Gasteiger partial charge in [-0.1, -0.05) is 24.3 Å². The number of aryl methyl sites for hydroxylation is 1. The van der Waals surface area contributed by atoms with E-state index < -0.39 is 0 Å². The highest BCUT2D eigenvalue weighted by Gasteiger charge is 2.27. The van der Waals surface area contributed by atoms with Crippen LogP contribution in [0.1, 0.15) is 11.1 Å². The Balaban J connectivity index is 1.75. The first-order valence-electron chi connectivity index (χ1n) is 7.50. The topological polar surface area (TPSA) is 79.3 Å². The lowest BCUT2D eigenvalue weighted by Crippen LogP contribution is -2.30. The van der Waals surface area contributed by atoms with Gasteiger partial charge in [0.25, 0.3) is 0 Å². The number of benzene rings is 1. The molecule has 0 aliphatic carbocycles. The fourth-order valence-corrected chi connectivity index (χ4v) is 2.66. The molecule has 2 heterocycles. The van der Waals surface area contributed by atoms with Crippen molar-refractivity contribution in [1.29, 1.82) is 0 Å². The highest BCUT2D eigenvalue weighted by atomic mass is 16.2. The van der Waals surface area contributed by atoms with Crippen LogP contribution in [0, 0.1) is 6.92 Å². The first-order valence-corrected chi connectivity index (χ1v) is 7.50. The number of hydrogen-bond acceptors (Lipinski definition) is 3. The van der Waals surface area contributed by atoms with E-state index >= 15 is 0 Å². The van der Waals surface area contributed by atoms with Crippen molar-refractivity contribution in [1.82, 2.24) is 15.1 Å². The second-order valence-electron chi connectivity index (χ2n) is 5.46. The van der Waals surface area contributed by atoms with E-state index in [9.17, 15) is 9.59 Å². The minimum Gasteiger partial charge on any atom is -0.341 e. The Labute approximate surface area is 134 Å². The van der Waals surface area contributed by atoms with E-state index in [0.29, 0.717) is 25.3 Å². The number of carbonyl (C=O) groups excluding carboxylic acids is 2. The molecule has 0 atom stereocenters. The van der Waals surface area contributed by atoms with Crippen molar-refractivity contribution >= 4 is 23.6 Å². The van der Waals surface area contributed by atoms with Gasteiger partial charge in [-0.25, -0.2) is 9.48 Å². The molecule has 0 spiro atoms. The van der Waals surface area contributed by atoms with Crippen LogP contribution in [0.25, 0.3) is 0 Å². The van der Waals surface area contributed by atoms with E-state index in [-0.39, 0.29) is 11.9 Å². The number of nitrogens with zero attached hydrogens (tertiary/aromatic N) is 3. The molecule has 3 amide bonds. The van der Waals surface area contributed by atoms with Gasteiger partial charge in [0.05, 0.1) is 13.0 Å². The van der Waals surface area contributed by atoms with Crippen LogP contribution >= 0.6 is 0 Å². The van der Waals surface area contributed by atoms with Gasteiger partial charge in [0.15, 0.2) is 5.82 Å². The van der Waals surface area contributed by atoms with Crippen molar-refractivity contribution < 1.29 is 9.59 Å². The molecule has 7 heteroatoms. The summed E-state index contributed by atoms with van der Waals surface area (Å²) in [5.74, 6) is 1.19. The van der Waals surface area contributed by atoms with Gasteiger partial charge in [0, 0.05) is 19.7 Å². The lowest BCUT2D eigenvalue weighted by Gasteiger charge is -2.15. The van der Waals surface area contributed by atoms with Crippen LogP contribution in [-0.2, 0) is 17.8 Å². The van der Waals surface area contributed by atoms with Crippen LogP contribution < -0.4 is 15.5 Å². The Morgan fingerprint density at radius 3 is 2.78 bits per heavy atom. The summed E-state index contributed by atoms with van der Waals surface area (Å²) in [6.45, 7) is 3.24. The summed E-state index contributed by atoms with van der Waals surface area (Å²) in [5.41, 5.74) is 2.13. The van der Waals surface area contributed by atoms with Gasteiger partial charge in [-0.15, -0.1) is 0 Å². The Morgan fingerprint density at radius 1 is 1.26 bits per heavy atom. The average Bonchev–Trinajstić information content (AvgIpc) is 3.09. The second kappa shape index (κ2) is 6.12. The van der Waals surface area contributed by atoms with Gasteiger partial charge in [0.2, 0.25) is 5.91 Å². The monoisotopic (exact) mass is 313 g/mol. The molecular formula is C16H19N5O2. The molecule has 1 aromatic carbocycles. The molecule has 120 valence electrons. The molecule has 0 saturated heterocycles. The van der Waals surface area contributed by atoms with Crippen LogP contribution in [0.5, 0.6) is 0 Å². The molecule has 0 fully saturated rings. The largest absolute Gasteiger partial charge is 0.341 e. The first-order chi connectivity index (χ1) is 11.1. The number of amides is 3. The molecule has 2 aromatic rings. The molecule has 3 rings (SSSR count). The number of urea groups is 1. The Morgan fingerprint density at radius 2 is 2.04 bits per heavy atom. The van der Waals surface area contributed by atoms with Gasteiger partial charge in [0.1, 0.15) is 5.82 Å². The zero-order chi connectivity index (χ0) is 16.4. The normalized spacial score (nSPS) is 12.9. The maximum Gasteiger partial charge on any atom is 0.320 e. The van der Waals surface area contributed by atoms with Gasteiger partial charge in [-0.05, 0) is 18.1 Å². The molecule has 1 aliphatic rings. The van der Waals surface area contributed by atoms with Crippen LogP contribution in [0.2, 0.25) is 0 Å². The number of carbonyl (C=O) groups is 2. The van der Waals surface area contributed by atoms with Crippen LogP contribution in [0.4, 0.5) is 16.4 Å². The maximum atomic E-state index is 12.6. The molecule has 23 heavy (non-hydrogen) atoms. The SMILES string of the molecule is CNC(=O)Nc1cc2n(n1)CCN2C(=O)Cc1ccccc1C. The average molecular weight is 313 g/mol. The third kappa shape index (κ3) is 3.03. The Hall–Kier alpha value is -2.83. The van der Waals surface area contributed by atoms with Crippen molar-refractivity contribution in [3.63, 3.8) is 0 Å². The van der Waals surface area contributed by atoms with E-state index in [1.165, 1.54) is 7.05 Å². The van der Waals surface area contributed by atoms with Gasteiger partial charge >= 0.3 is 6.03 Å². The molecule has 1 aliphatic heterocycles. The first kappa shape index (κ1) is 15.1. The summed E-state index contributed by atoms with van der Waals surface area (Å²) in [5, 5.41) is 9.38. The van der Waals surface area contributed by atoms with Crippen LogP contribution in [0.15, 0.2) is 30.3 Å². The fourth-order valence-electron chi connectivity index (χ4n) is 2.66. The van der Waals surface area contributed by atoms with E-state index in [1.54, 1.807) is 15.6 Å². The number of aromatic nitrogens is 2. The van der Waals surface area contributed by atoms with E-state index in [4.69, 9.17) is 0 Å². The molecule has 0 bridgehead atoms. The van der Waals surface area contributed by atoms with Crippen molar-refractivity contribution in [2.45, 2.75) is 19.9 Å².